The third-order valence-electron chi connectivity index (χ3n) is 3.08. The highest BCUT2D eigenvalue weighted by atomic mass is 16.4. The smallest absolute Gasteiger partial charge is 0.309 e. The molecule has 0 spiro atoms. The summed E-state index contributed by atoms with van der Waals surface area (Å²) in [6.07, 6.45) is -0.0786. The topological polar surface area (TPSA) is 68.0 Å². The molecule has 5 heteroatoms. The summed E-state index contributed by atoms with van der Waals surface area (Å²) < 4.78 is 1.59. The van der Waals surface area contributed by atoms with E-state index in [-0.39, 0.29) is 6.42 Å². The largest absolute Gasteiger partial charge is 0.481 e. The zero-order valence-corrected chi connectivity index (χ0v) is 11.3. The average molecular weight is 259 g/mol. The number of aliphatic carboxylic acids is 1. The van der Waals surface area contributed by atoms with Gasteiger partial charge in [0.1, 0.15) is 0 Å². The first-order valence-electron chi connectivity index (χ1n) is 6.22. The Balaban J connectivity index is 2.38. The van der Waals surface area contributed by atoms with Gasteiger partial charge in [-0.25, -0.2) is 4.68 Å². The number of nitrogens with zero attached hydrogens (tertiary/aromatic N) is 3. The van der Waals surface area contributed by atoms with Crippen LogP contribution in [0, 0.1) is 6.92 Å². The minimum Gasteiger partial charge on any atom is -0.481 e. The number of hydrogen-bond donors (Lipinski definition) is 1. The summed E-state index contributed by atoms with van der Waals surface area (Å²) in [5.74, 6) is -0.421. The van der Waals surface area contributed by atoms with Crippen LogP contribution in [0.25, 0.3) is 5.69 Å². The molecule has 0 saturated heterocycles. The summed E-state index contributed by atoms with van der Waals surface area (Å²) in [5, 5.41) is 16.9. The molecule has 2 aromatic rings. The molecule has 0 bridgehead atoms. The molecule has 1 heterocycles. The van der Waals surface area contributed by atoms with E-state index in [0.717, 1.165) is 5.69 Å². The van der Waals surface area contributed by atoms with Crippen LogP contribution in [0.15, 0.2) is 24.3 Å². The summed E-state index contributed by atoms with van der Waals surface area (Å²) >= 11 is 0. The van der Waals surface area contributed by atoms with Crippen LogP contribution in [-0.4, -0.2) is 26.1 Å². The van der Waals surface area contributed by atoms with Gasteiger partial charge < -0.3 is 5.11 Å². The third kappa shape index (κ3) is 2.81. The second-order valence-corrected chi connectivity index (χ2v) is 4.85. The lowest BCUT2D eigenvalue weighted by Gasteiger charge is -2.08. The number of hydrogen-bond acceptors (Lipinski definition) is 3. The van der Waals surface area contributed by atoms with E-state index in [4.69, 9.17) is 5.11 Å². The molecule has 0 radical (unpaired) electrons. The number of aryl methyl sites for hydroxylation is 1. The van der Waals surface area contributed by atoms with E-state index in [2.05, 4.69) is 24.2 Å². The van der Waals surface area contributed by atoms with Crippen molar-refractivity contribution in [3.05, 3.63) is 41.2 Å². The predicted octanol–water partition coefficient (Wildman–Crippen LogP) is 2.33. The Bertz CT molecular complexity index is 585. The molecule has 5 nitrogen and oxygen atoms in total. The molecule has 100 valence electrons. The van der Waals surface area contributed by atoms with Gasteiger partial charge in [0.15, 0.2) is 0 Å². The van der Waals surface area contributed by atoms with Crippen LogP contribution in [-0.2, 0) is 11.2 Å². The molecule has 0 aliphatic rings. The average Bonchev–Trinajstić information content (AvgIpc) is 2.71. The molecule has 1 aromatic heterocycles. The fourth-order valence-corrected chi connectivity index (χ4v) is 1.93. The first-order valence-corrected chi connectivity index (χ1v) is 6.22. The molecule has 0 saturated carbocycles. The second-order valence-electron chi connectivity index (χ2n) is 4.85. The number of carboxylic acids is 1. The zero-order chi connectivity index (χ0) is 14.0. The van der Waals surface area contributed by atoms with E-state index in [1.54, 1.807) is 11.6 Å². The SMILES string of the molecule is Cc1nnn(-c2ccc(C(C)C)cc2)c1CC(=O)O. The molecule has 0 aliphatic carbocycles. The Morgan fingerprint density at radius 1 is 1.32 bits per heavy atom. The summed E-state index contributed by atoms with van der Waals surface area (Å²) in [6, 6.07) is 7.94. The van der Waals surface area contributed by atoms with Crippen molar-refractivity contribution in [1.29, 1.82) is 0 Å². The highest BCUT2D eigenvalue weighted by molar-refractivity contribution is 5.70. The fraction of sp³-hybridized carbons (Fsp3) is 0.357. The normalized spacial score (nSPS) is 10.9. The lowest BCUT2D eigenvalue weighted by atomic mass is 10.0. The number of benzene rings is 1. The van der Waals surface area contributed by atoms with E-state index in [0.29, 0.717) is 17.3 Å². The van der Waals surface area contributed by atoms with Gasteiger partial charge in [-0.15, -0.1) is 5.10 Å². The monoisotopic (exact) mass is 259 g/mol. The summed E-state index contributed by atoms with van der Waals surface area (Å²) in [5.41, 5.74) is 3.33. The van der Waals surface area contributed by atoms with Gasteiger partial charge in [-0.2, -0.15) is 0 Å². The van der Waals surface area contributed by atoms with E-state index < -0.39 is 5.97 Å². The van der Waals surface area contributed by atoms with Crippen molar-refractivity contribution in [3.8, 4) is 5.69 Å². The highest BCUT2D eigenvalue weighted by Gasteiger charge is 2.14. The fourth-order valence-electron chi connectivity index (χ4n) is 1.93. The molecule has 19 heavy (non-hydrogen) atoms. The van der Waals surface area contributed by atoms with Gasteiger partial charge in [0.25, 0.3) is 0 Å². The van der Waals surface area contributed by atoms with Gasteiger partial charge in [0.05, 0.1) is 23.5 Å². The van der Waals surface area contributed by atoms with Crippen LogP contribution in [0.3, 0.4) is 0 Å². The second kappa shape index (κ2) is 5.22. The molecule has 1 aromatic carbocycles. The minimum atomic E-state index is -0.884. The van der Waals surface area contributed by atoms with Gasteiger partial charge in [0.2, 0.25) is 0 Å². The maximum absolute atomic E-state index is 10.9. The quantitative estimate of drug-likeness (QED) is 0.915. The Kier molecular flexibility index (Phi) is 3.64. The summed E-state index contributed by atoms with van der Waals surface area (Å²) in [6.45, 7) is 6.03. The molecule has 1 N–H and O–H groups in total. The first-order chi connectivity index (χ1) is 8.99. The van der Waals surface area contributed by atoms with Crippen molar-refractivity contribution in [2.75, 3.05) is 0 Å². The number of aromatic nitrogens is 3. The number of carboxylic acid groups (broad SMARTS) is 1. The van der Waals surface area contributed by atoms with Crippen molar-refractivity contribution in [1.82, 2.24) is 15.0 Å². The Hall–Kier alpha value is -2.17. The lowest BCUT2D eigenvalue weighted by molar-refractivity contribution is -0.136. The molecular weight excluding hydrogens is 242 g/mol. The van der Waals surface area contributed by atoms with Crippen molar-refractivity contribution in [2.45, 2.75) is 33.1 Å². The third-order valence-corrected chi connectivity index (χ3v) is 3.08. The molecule has 0 fully saturated rings. The standard InChI is InChI=1S/C14H17N3O2/c1-9(2)11-4-6-12(7-5-11)17-13(8-14(18)19)10(3)15-16-17/h4-7,9H,8H2,1-3H3,(H,18,19). The minimum absolute atomic E-state index is 0.0786. The molecule has 0 unspecified atom stereocenters. The van der Waals surface area contributed by atoms with Gasteiger partial charge in [-0.3, -0.25) is 4.79 Å². The van der Waals surface area contributed by atoms with E-state index >= 15 is 0 Å². The van der Waals surface area contributed by atoms with Gasteiger partial charge in [0, 0.05) is 0 Å². The molecule has 0 aliphatic heterocycles. The zero-order valence-electron chi connectivity index (χ0n) is 11.3. The van der Waals surface area contributed by atoms with E-state index in [1.807, 2.05) is 24.3 Å². The lowest BCUT2D eigenvalue weighted by Crippen LogP contribution is -2.09. The molecule has 2 rings (SSSR count). The Morgan fingerprint density at radius 2 is 1.95 bits per heavy atom. The highest BCUT2D eigenvalue weighted by Crippen LogP contribution is 2.18. The summed E-state index contributed by atoms with van der Waals surface area (Å²) in [7, 11) is 0. The van der Waals surface area contributed by atoms with Crippen LogP contribution >= 0.6 is 0 Å². The maximum atomic E-state index is 10.9. The van der Waals surface area contributed by atoms with Crippen LogP contribution in [0.1, 0.15) is 36.7 Å². The molecule has 0 amide bonds. The van der Waals surface area contributed by atoms with Gasteiger partial charge >= 0.3 is 5.97 Å². The van der Waals surface area contributed by atoms with Crippen LogP contribution < -0.4 is 0 Å². The van der Waals surface area contributed by atoms with Gasteiger partial charge in [-0.05, 0) is 30.5 Å². The first kappa shape index (κ1) is 13.3. The van der Waals surface area contributed by atoms with Crippen molar-refractivity contribution in [3.63, 3.8) is 0 Å². The predicted molar refractivity (Wildman–Crippen MR) is 71.5 cm³/mol. The molecule has 0 atom stereocenters. The van der Waals surface area contributed by atoms with Gasteiger partial charge in [-0.1, -0.05) is 31.2 Å². The van der Waals surface area contributed by atoms with Crippen LogP contribution in [0.4, 0.5) is 0 Å². The van der Waals surface area contributed by atoms with Crippen LogP contribution in [0.2, 0.25) is 0 Å². The maximum Gasteiger partial charge on any atom is 0.309 e. The number of carbonyl (C=O) groups is 1. The van der Waals surface area contributed by atoms with E-state index in [9.17, 15) is 4.79 Å². The van der Waals surface area contributed by atoms with Crippen molar-refractivity contribution < 1.29 is 9.90 Å². The Morgan fingerprint density at radius 3 is 2.47 bits per heavy atom. The van der Waals surface area contributed by atoms with Crippen molar-refractivity contribution in [2.24, 2.45) is 0 Å². The molecular formula is C14H17N3O2. The van der Waals surface area contributed by atoms with Crippen molar-refractivity contribution >= 4 is 5.97 Å². The summed E-state index contributed by atoms with van der Waals surface area (Å²) in [4.78, 5) is 10.9. The van der Waals surface area contributed by atoms with Crippen LogP contribution in [0.5, 0.6) is 0 Å². The Labute approximate surface area is 111 Å². The number of rotatable bonds is 4. The van der Waals surface area contributed by atoms with E-state index in [1.165, 1.54) is 5.56 Å².